The summed E-state index contributed by atoms with van der Waals surface area (Å²) >= 11 is 0. The van der Waals surface area contributed by atoms with Crippen molar-refractivity contribution in [3.63, 3.8) is 0 Å². The van der Waals surface area contributed by atoms with E-state index in [-0.39, 0.29) is 17.2 Å². The molecule has 5 heteroatoms. The topological polar surface area (TPSA) is 34.1 Å². The lowest BCUT2D eigenvalue weighted by molar-refractivity contribution is 0.102. The number of carbonyl (C=O) groups is 1. The van der Waals surface area contributed by atoms with Crippen LogP contribution in [0.1, 0.15) is 30.6 Å². The Hall–Kier alpha value is -1.10. The number of hydrogen-bond donors (Lipinski definition) is 0. The van der Waals surface area contributed by atoms with E-state index < -0.39 is 28.2 Å². The summed E-state index contributed by atoms with van der Waals surface area (Å²) in [6.07, 6.45) is 0.894. The zero-order chi connectivity index (χ0) is 13.7. The number of rotatable bonds is 6. The summed E-state index contributed by atoms with van der Waals surface area (Å²) in [4.78, 5) is 11.7. The molecule has 0 heterocycles. The Bertz CT molecular complexity index is 460. The van der Waals surface area contributed by atoms with Crippen molar-refractivity contribution < 1.29 is 17.8 Å². The van der Waals surface area contributed by atoms with Gasteiger partial charge in [0.1, 0.15) is 0 Å². The van der Waals surface area contributed by atoms with Crippen LogP contribution in [-0.2, 0) is 10.8 Å². The number of benzene rings is 1. The Morgan fingerprint density at radius 1 is 1.33 bits per heavy atom. The van der Waals surface area contributed by atoms with Crippen molar-refractivity contribution in [1.29, 1.82) is 0 Å². The van der Waals surface area contributed by atoms with Crippen LogP contribution in [0.4, 0.5) is 8.78 Å². The van der Waals surface area contributed by atoms with Crippen molar-refractivity contribution in [2.45, 2.75) is 20.3 Å². The third-order valence-corrected chi connectivity index (χ3v) is 4.23. The van der Waals surface area contributed by atoms with Crippen molar-refractivity contribution in [2.75, 3.05) is 11.5 Å². The molecule has 0 fully saturated rings. The second-order valence-electron chi connectivity index (χ2n) is 4.32. The first kappa shape index (κ1) is 15.0. The standard InChI is InChI=1S/C13H16F2O2S/c1-3-9(2)7-18(17)8-13(16)10-4-5-11(14)12(15)6-10/h4-6,9H,3,7-8H2,1-2H3. The predicted molar refractivity (Wildman–Crippen MR) is 68.0 cm³/mol. The molecule has 0 N–H and O–H groups in total. The van der Waals surface area contributed by atoms with Crippen LogP contribution in [-0.4, -0.2) is 21.5 Å². The minimum absolute atomic E-state index is 0.0615. The molecule has 1 aromatic rings. The molecule has 0 spiro atoms. The van der Waals surface area contributed by atoms with Gasteiger partial charge in [0.2, 0.25) is 0 Å². The van der Waals surface area contributed by atoms with E-state index in [0.717, 1.165) is 18.6 Å². The van der Waals surface area contributed by atoms with Gasteiger partial charge in [0.05, 0.1) is 5.75 Å². The van der Waals surface area contributed by atoms with Crippen LogP contribution in [0.15, 0.2) is 18.2 Å². The average Bonchev–Trinajstić information content (AvgIpc) is 2.32. The van der Waals surface area contributed by atoms with Gasteiger partial charge >= 0.3 is 0 Å². The van der Waals surface area contributed by atoms with Gasteiger partial charge in [-0.05, 0) is 24.1 Å². The maximum Gasteiger partial charge on any atom is 0.175 e. The Morgan fingerprint density at radius 2 is 2.00 bits per heavy atom. The molecule has 0 aliphatic rings. The van der Waals surface area contributed by atoms with Gasteiger partial charge in [0.15, 0.2) is 17.4 Å². The molecule has 0 bridgehead atoms. The summed E-state index contributed by atoms with van der Waals surface area (Å²) in [5.41, 5.74) is 0.0615. The second kappa shape index (κ2) is 6.73. The van der Waals surface area contributed by atoms with Crippen LogP contribution in [0, 0.1) is 17.6 Å². The van der Waals surface area contributed by atoms with Gasteiger partial charge in [-0.15, -0.1) is 0 Å². The van der Waals surface area contributed by atoms with Crippen LogP contribution in [0.25, 0.3) is 0 Å². The molecule has 2 atom stereocenters. The molecule has 1 aromatic carbocycles. The highest BCUT2D eigenvalue weighted by Gasteiger charge is 2.14. The summed E-state index contributed by atoms with van der Waals surface area (Å²) in [6.45, 7) is 3.94. The quantitative estimate of drug-likeness (QED) is 0.747. The van der Waals surface area contributed by atoms with Crippen molar-refractivity contribution in [2.24, 2.45) is 5.92 Å². The summed E-state index contributed by atoms with van der Waals surface area (Å²) in [7, 11) is -1.26. The van der Waals surface area contributed by atoms with E-state index in [9.17, 15) is 17.8 Å². The summed E-state index contributed by atoms with van der Waals surface area (Å²) in [5.74, 6) is -1.89. The Morgan fingerprint density at radius 3 is 2.56 bits per heavy atom. The number of carbonyl (C=O) groups excluding carboxylic acids is 1. The highest BCUT2D eigenvalue weighted by atomic mass is 32.2. The molecule has 0 saturated heterocycles. The van der Waals surface area contributed by atoms with Gasteiger partial charge in [-0.3, -0.25) is 9.00 Å². The molecular weight excluding hydrogens is 258 g/mol. The molecule has 1 rings (SSSR count). The molecular formula is C13H16F2O2S. The van der Waals surface area contributed by atoms with Crippen LogP contribution in [0.5, 0.6) is 0 Å². The number of Topliss-reactive ketones (excluding diaryl/α,β-unsaturated/α-hetero) is 1. The van der Waals surface area contributed by atoms with Crippen molar-refractivity contribution >= 4 is 16.6 Å². The summed E-state index contributed by atoms with van der Waals surface area (Å²) in [6, 6.07) is 2.96. The summed E-state index contributed by atoms with van der Waals surface area (Å²) in [5, 5.41) is 0. The fourth-order valence-electron chi connectivity index (χ4n) is 1.39. The molecule has 0 radical (unpaired) electrons. The molecule has 0 aliphatic heterocycles. The monoisotopic (exact) mass is 274 g/mol. The molecule has 0 aromatic heterocycles. The highest BCUT2D eigenvalue weighted by Crippen LogP contribution is 2.11. The van der Waals surface area contributed by atoms with Crippen LogP contribution < -0.4 is 0 Å². The SMILES string of the molecule is CCC(C)CS(=O)CC(=O)c1ccc(F)c(F)c1. The lowest BCUT2D eigenvalue weighted by Gasteiger charge is -2.07. The van der Waals surface area contributed by atoms with Gasteiger partial charge in [0.25, 0.3) is 0 Å². The van der Waals surface area contributed by atoms with E-state index in [1.165, 1.54) is 6.07 Å². The predicted octanol–water partition coefficient (Wildman–Crippen LogP) is 2.94. The Balaban J connectivity index is 2.65. The third kappa shape index (κ3) is 4.29. The average molecular weight is 274 g/mol. The number of hydrogen-bond acceptors (Lipinski definition) is 2. The second-order valence-corrected chi connectivity index (χ2v) is 5.82. The van der Waals surface area contributed by atoms with E-state index in [4.69, 9.17) is 0 Å². The summed E-state index contributed by atoms with van der Waals surface area (Å²) < 4.78 is 37.3. The molecule has 0 aliphatic carbocycles. The van der Waals surface area contributed by atoms with Crippen molar-refractivity contribution in [1.82, 2.24) is 0 Å². The first-order valence-corrected chi connectivity index (χ1v) is 7.26. The van der Waals surface area contributed by atoms with Gasteiger partial charge in [0, 0.05) is 22.1 Å². The fourth-order valence-corrected chi connectivity index (χ4v) is 2.84. The zero-order valence-corrected chi connectivity index (χ0v) is 11.2. The highest BCUT2D eigenvalue weighted by molar-refractivity contribution is 7.85. The van der Waals surface area contributed by atoms with Gasteiger partial charge in [-0.25, -0.2) is 8.78 Å². The van der Waals surface area contributed by atoms with E-state index in [1.54, 1.807) is 0 Å². The smallest absolute Gasteiger partial charge is 0.175 e. The lowest BCUT2D eigenvalue weighted by atomic mass is 10.1. The fraction of sp³-hybridized carbons (Fsp3) is 0.462. The van der Waals surface area contributed by atoms with Gasteiger partial charge in [-0.2, -0.15) is 0 Å². The first-order chi connectivity index (χ1) is 8.43. The number of ketones is 1. The molecule has 0 amide bonds. The largest absolute Gasteiger partial charge is 0.293 e. The van der Waals surface area contributed by atoms with Crippen LogP contribution in [0.3, 0.4) is 0 Å². The van der Waals surface area contributed by atoms with Crippen molar-refractivity contribution in [3.8, 4) is 0 Å². The molecule has 100 valence electrons. The Labute approximate surface area is 108 Å². The van der Waals surface area contributed by atoms with Gasteiger partial charge in [-0.1, -0.05) is 20.3 Å². The third-order valence-electron chi connectivity index (χ3n) is 2.70. The first-order valence-electron chi connectivity index (χ1n) is 5.77. The Kier molecular flexibility index (Phi) is 5.59. The number of halogens is 2. The van der Waals surface area contributed by atoms with E-state index in [2.05, 4.69) is 0 Å². The van der Waals surface area contributed by atoms with E-state index in [0.29, 0.717) is 5.75 Å². The molecule has 2 unspecified atom stereocenters. The van der Waals surface area contributed by atoms with Gasteiger partial charge < -0.3 is 0 Å². The maximum atomic E-state index is 12.9. The van der Waals surface area contributed by atoms with Crippen LogP contribution >= 0.6 is 0 Å². The molecule has 0 saturated carbocycles. The van der Waals surface area contributed by atoms with E-state index >= 15 is 0 Å². The van der Waals surface area contributed by atoms with Crippen molar-refractivity contribution in [3.05, 3.63) is 35.4 Å². The zero-order valence-electron chi connectivity index (χ0n) is 10.4. The molecule has 18 heavy (non-hydrogen) atoms. The molecule has 2 nitrogen and oxygen atoms in total. The normalized spacial score (nSPS) is 14.2. The maximum absolute atomic E-state index is 12.9. The van der Waals surface area contributed by atoms with E-state index in [1.807, 2.05) is 13.8 Å². The lowest BCUT2D eigenvalue weighted by Crippen LogP contribution is -2.17. The van der Waals surface area contributed by atoms with Crippen LogP contribution in [0.2, 0.25) is 0 Å². The minimum atomic E-state index is -1.26. The minimum Gasteiger partial charge on any atom is -0.293 e.